The molecule has 0 saturated heterocycles. The lowest BCUT2D eigenvalue weighted by molar-refractivity contribution is -0.118. The predicted octanol–water partition coefficient (Wildman–Crippen LogP) is 5.76. The molecular formula is C26H34N4O2S2. The summed E-state index contributed by atoms with van der Waals surface area (Å²) < 4.78 is 2.34. The summed E-state index contributed by atoms with van der Waals surface area (Å²) in [5, 5.41) is 8.31. The second-order valence-corrected chi connectivity index (χ2v) is 10.7. The van der Waals surface area contributed by atoms with E-state index in [1.807, 2.05) is 29.8 Å². The van der Waals surface area contributed by atoms with Crippen molar-refractivity contribution in [2.75, 3.05) is 17.3 Å². The summed E-state index contributed by atoms with van der Waals surface area (Å²) in [6.45, 7) is 9.70. The zero-order valence-corrected chi connectivity index (χ0v) is 22.2. The van der Waals surface area contributed by atoms with E-state index < -0.39 is 6.04 Å². The Labute approximate surface area is 210 Å². The zero-order chi connectivity index (χ0) is 24.7. The summed E-state index contributed by atoms with van der Waals surface area (Å²) in [5.74, 6) is 0.905. The SMILES string of the molecule is CSCC[C@H](NC(=O)c1ccccc1)C(=O)Nc1nc(-c2cc(C)n(CCC(C)C)c2C)cs1. The second-order valence-electron chi connectivity index (χ2n) is 8.82. The van der Waals surface area contributed by atoms with Crippen LogP contribution in [0.2, 0.25) is 0 Å². The fourth-order valence-corrected chi connectivity index (χ4v) is 4.96. The average molecular weight is 499 g/mol. The molecule has 2 amide bonds. The van der Waals surface area contributed by atoms with Crippen LogP contribution >= 0.6 is 23.1 Å². The van der Waals surface area contributed by atoms with E-state index in [9.17, 15) is 9.59 Å². The minimum Gasteiger partial charge on any atom is -0.348 e. The van der Waals surface area contributed by atoms with Gasteiger partial charge in [-0.15, -0.1) is 11.3 Å². The van der Waals surface area contributed by atoms with Crippen LogP contribution in [0.5, 0.6) is 0 Å². The van der Waals surface area contributed by atoms with Crippen molar-refractivity contribution in [1.29, 1.82) is 0 Å². The van der Waals surface area contributed by atoms with Crippen LogP contribution in [0.15, 0.2) is 41.8 Å². The summed E-state index contributed by atoms with van der Waals surface area (Å²) >= 11 is 3.04. The Morgan fingerprint density at radius 2 is 1.88 bits per heavy atom. The molecule has 8 heteroatoms. The lowest BCUT2D eigenvalue weighted by Crippen LogP contribution is -2.44. The van der Waals surface area contributed by atoms with Crippen LogP contribution in [0, 0.1) is 19.8 Å². The second kappa shape index (κ2) is 12.2. The van der Waals surface area contributed by atoms with E-state index in [4.69, 9.17) is 0 Å². The molecule has 0 fully saturated rings. The highest BCUT2D eigenvalue weighted by Gasteiger charge is 2.23. The normalized spacial score (nSPS) is 12.1. The quantitative estimate of drug-likeness (QED) is 0.352. The molecule has 0 aliphatic heterocycles. The number of hydrogen-bond acceptors (Lipinski definition) is 5. The highest BCUT2D eigenvalue weighted by Crippen LogP contribution is 2.30. The number of nitrogens with one attached hydrogen (secondary N) is 2. The number of anilines is 1. The van der Waals surface area contributed by atoms with Gasteiger partial charge in [-0.3, -0.25) is 9.59 Å². The molecule has 182 valence electrons. The van der Waals surface area contributed by atoms with Crippen molar-refractivity contribution >= 4 is 40.0 Å². The predicted molar refractivity (Wildman–Crippen MR) is 144 cm³/mol. The molecule has 1 atom stereocenters. The van der Waals surface area contributed by atoms with E-state index in [-0.39, 0.29) is 11.8 Å². The van der Waals surface area contributed by atoms with Crippen LogP contribution in [-0.2, 0) is 11.3 Å². The molecule has 3 aromatic rings. The molecule has 0 radical (unpaired) electrons. The first-order valence-corrected chi connectivity index (χ1v) is 13.9. The van der Waals surface area contributed by atoms with Gasteiger partial charge in [0.1, 0.15) is 6.04 Å². The van der Waals surface area contributed by atoms with Gasteiger partial charge in [-0.2, -0.15) is 11.8 Å². The molecule has 3 rings (SSSR count). The molecule has 2 N–H and O–H groups in total. The molecule has 0 aliphatic carbocycles. The van der Waals surface area contributed by atoms with Crippen molar-refractivity contribution in [2.45, 2.75) is 53.1 Å². The molecule has 34 heavy (non-hydrogen) atoms. The van der Waals surface area contributed by atoms with Crippen molar-refractivity contribution in [2.24, 2.45) is 5.92 Å². The average Bonchev–Trinajstić information content (AvgIpc) is 3.39. The smallest absolute Gasteiger partial charge is 0.251 e. The molecule has 0 aliphatic rings. The number of carbonyl (C=O) groups excluding carboxylic acids is 2. The number of thioether (sulfide) groups is 1. The maximum absolute atomic E-state index is 13.0. The van der Waals surface area contributed by atoms with Crippen molar-refractivity contribution in [3.63, 3.8) is 0 Å². The number of thiazole rings is 1. The molecule has 1 aromatic carbocycles. The van der Waals surface area contributed by atoms with Crippen molar-refractivity contribution in [3.05, 3.63) is 58.7 Å². The Kier molecular flexibility index (Phi) is 9.36. The van der Waals surface area contributed by atoms with Gasteiger partial charge in [0.2, 0.25) is 5.91 Å². The largest absolute Gasteiger partial charge is 0.348 e. The van der Waals surface area contributed by atoms with Crippen molar-refractivity contribution in [1.82, 2.24) is 14.9 Å². The summed E-state index contributed by atoms with van der Waals surface area (Å²) in [4.78, 5) is 30.3. The number of hydrogen-bond donors (Lipinski definition) is 2. The monoisotopic (exact) mass is 498 g/mol. The number of amides is 2. The van der Waals surface area contributed by atoms with E-state index >= 15 is 0 Å². The van der Waals surface area contributed by atoms with E-state index in [2.05, 4.69) is 53.9 Å². The van der Waals surface area contributed by atoms with Gasteiger partial charge >= 0.3 is 0 Å². The Morgan fingerprint density at radius 1 is 1.15 bits per heavy atom. The Balaban J connectivity index is 1.71. The number of aryl methyl sites for hydroxylation is 1. The minimum absolute atomic E-state index is 0.248. The lowest BCUT2D eigenvalue weighted by atomic mass is 10.1. The Hall–Kier alpha value is -2.58. The third kappa shape index (κ3) is 6.73. The first kappa shape index (κ1) is 26.0. The molecule has 6 nitrogen and oxygen atoms in total. The van der Waals surface area contributed by atoms with Gasteiger partial charge in [-0.1, -0.05) is 32.0 Å². The van der Waals surface area contributed by atoms with E-state index in [1.165, 1.54) is 22.7 Å². The van der Waals surface area contributed by atoms with Crippen molar-refractivity contribution in [3.8, 4) is 11.3 Å². The highest BCUT2D eigenvalue weighted by atomic mass is 32.2. The summed E-state index contributed by atoms with van der Waals surface area (Å²) in [7, 11) is 0. The standard InChI is InChI=1S/C26H34N4O2S2/c1-17(2)11-13-30-18(3)15-21(19(30)4)23-16-34-26(28-23)29-25(32)22(12-14-33-5)27-24(31)20-9-7-6-8-10-20/h6-10,15-17,22H,11-14H2,1-5H3,(H,27,31)(H,28,29,32)/t22-/m0/s1. The number of benzene rings is 1. The number of nitrogens with zero attached hydrogens (tertiary/aromatic N) is 2. The van der Waals surface area contributed by atoms with E-state index in [0.29, 0.717) is 23.0 Å². The van der Waals surface area contributed by atoms with Gasteiger partial charge in [-0.05, 0) is 62.8 Å². The fourth-order valence-electron chi connectivity index (χ4n) is 3.77. The van der Waals surface area contributed by atoms with Gasteiger partial charge in [0, 0.05) is 34.4 Å². The molecular weight excluding hydrogens is 464 g/mol. The third-order valence-corrected chi connectivity index (χ3v) is 7.18. The van der Waals surface area contributed by atoms with Crippen LogP contribution in [0.3, 0.4) is 0 Å². The lowest BCUT2D eigenvalue weighted by Gasteiger charge is -2.17. The van der Waals surface area contributed by atoms with Crippen LogP contribution in [0.4, 0.5) is 5.13 Å². The summed E-state index contributed by atoms with van der Waals surface area (Å²) in [5.41, 5.74) is 4.89. The molecule has 0 bridgehead atoms. The van der Waals surface area contributed by atoms with Crippen molar-refractivity contribution < 1.29 is 9.59 Å². The minimum atomic E-state index is -0.631. The number of carbonyl (C=O) groups is 2. The molecule has 2 heterocycles. The highest BCUT2D eigenvalue weighted by molar-refractivity contribution is 7.98. The third-order valence-electron chi connectivity index (χ3n) is 5.78. The summed E-state index contributed by atoms with van der Waals surface area (Å²) in [6, 6.07) is 10.5. The fraction of sp³-hybridized carbons (Fsp3) is 0.423. The molecule has 2 aromatic heterocycles. The van der Waals surface area contributed by atoms with Gasteiger partial charge in [0.25, 0.3) is 5.91 Å². The van der Waals surface area contributed by atoms with Crippen LogP contribution < -0.4 is 10.6 Å². The first-order valence-electron chi connectivity index (χ1n) is 11.6. The number of aromatic nitrogens is 2. The Morgan fingerprint density at radius 3 is 2.56 bits per heavy atom. The van der Waals surface area contributed by atoms with E-state index in [1.54, 1.807) is 23.9 Å². The maximum Gasteiger partial charge on any atom is 0.251 e. The Bertz CT molecular complexity index is 1110. The van der Waals surface area contributed by atoms with Gasteiger partial charge in [0.15, 0.2) is 5.13 Å². The van der Waals surface area contributed by atoms with Gasteiger partial charge in [-0.25, -0.2) is 4.98 Å². The van der Waals surface area contributed by atoms with E-state index in [0.717, 1.165) is 30.0 Å². The van der Waals surface area contributed by atoms with Gasteiger partial charge < -0.3 is 15.2 Å². The van der Waals surface area contributed by atoms with Crippen LogP contribution in [0.25, 0.3) is 11.3 Å². The molecule has 0 saturated carbocycles. The van der Waals surface area contributed by atoms with Gasteiger partial charge in [0.05, 0.1) is 5.69 Å². The maximum atomic E-state index is 13.0. The molecule has 0 spiro atoms. The topological polar surface area (TPSA) is 76.0 Å². The van der Waals surface area contributed by atoms with Crippen LogP contribution in [-0.4, -0.2) is 39.4 Å². The summed E-state index contributed by atoms with van der Waals surface area (Å²) in [6.07, 6.45) is 3.65. The molecule has 0 unspecified atom stereocenters. The first-order chi connectivity index (χ1) is 16.3. The zero-order valence-electron chi connectivity index (χ0n) is 20.6. The van der Waals surface area contributed by atoms with Crippen LogP contribution in [0.1, 0.15) is 48.4 Å². The number of rotatable bonds is 11.